The maximum absolute atomic E-state index is 2.42. The molecule has 15 heavy (non-hydrogen) atoms. The molecule has 0 unspecified atom stereocenters. The van der Waals surface area contributed by atoms with Crippen molar-refractivity contribution in [2.45, 2.75) is 59.8 Å². The molecule has 0 fully saturated rings. The molecule has 0 atom stereocenters. The zero-order chi connectivity index (χ0) is 11.4. The van der Waals surface area contributed by atoms with E-state index in [0.29, 0.717) is 5.92 Å². The van der Waals surface area contributed by atoms with Crippen molar-refractivity contribution in [3.05, 3.63) is 34.4 Å². The zero-order valence-corrected chi connectivity index (χ0v) is 10.9. The smallest absolute Gasteiger partial charge is 0.0216 e. The van der Waals surface area contributed by atoms with Crippen molar-refractivity contribution < 1.29 is 0 Å². The van der Waals surface area contributed by atoms with Gasteiger partial charge < -0.3 is 0 Å². The molecule has 0 heteroatoms. The van der Waals surface area contributed by atoms with Gasteiger partial charge in [0.2, 0.25) is 0 Å². The van der Waals surface area contributed by atoms with E-state index in [0.717, 1.165) is 6.42 Å². The van der Waals surface area contributed by atoms with Gasteiger partial charge in [-0.1, -0.05) is 46.2 Å². The molecule has 1 rings (SSSR count). The Morgan fingerprint density at radius 2 is 1.73 bits per heavy atom. The van der Waals surface area contributed by atoms with Gasteiger partial charge in [0.05, 0.1) is 0 Å². The van der Waals surface area contributed by atoms with Crippen molar-refractivity contribution in [3.8, 4) is 0 Å². The Balaban J connectivity index is 3.19. The van der Waals surface area contributed by atoms with Crippen LogP contribution in [0.2, 0.25) is 0 Å². The van der Waals surface area contributed by atoms with Crippen LogP contribution >= 0.6 is 0 Å². The van der Waals surface area contributed by atoms with Crippen LogP contribution in [0.1, 0.15) is 62.3 Å². The minimum atomic E-state index is 0.650. The topological polar surface area (TPSA) is 0 Å². The third-order valence-corrected chi connectivity index (χ3v) is 3.12. The Hall–Kier alpha value is -0.780. The predicted octanol–water partition coefficient (Wildman–Crippen LogP) is 4.63. The molecule has 0 nitrogen and oxygen atoms in total. The number of aryl methyl sites for hydroxylation is 3. The molecule has 0 N–H and O–H groups in total. The Kier molecular flexibility index (Phi) is 4.38. The first kappa shape index (κ1) is 12.3. The Bertz CT molecular complexity index is 321. The largest absolute Gasteiger partial charge is 0.0651 e. The summed E-state index contributed by atoms with van der Waals surface area (Å²) in [7, 11) is 0. The molecule has 0 aliphatic heterocycles. The molecular weight excluding hydrogens is 180 g/mol. The van der Waals surface area contributed by atoms with Gasteiger partial charge in [0.15, 0.2) is 0 Å². The van der Waals surface area contributed by atoms with Crippen LogP contribution in [0.5, 0.6) is 0 Å². The molecule has 0 aromatic heterocycles. The highest BCUT2D eigenvalue weighted by Crippen LogP contribution is 2.25. The van der Waals surface area contributed by atoms with E-state index in [9.17, 15) is 0 Å². The minimum Gasteiger partial charge on any atom is -0.0651 e. The third-order valence-electron chi connectivity index (χ3n) is 3.12. The molecular formula is C15H24. The molecule has 0 amide bonds. The lowest BCUT2D eigenvalue weighted by atomic mass is 9.89. The summed E-state index contributed by atoms with van der Waals surface area (Å²) in [6.07, 6.45) is 3.61. The normalized spacial score (nSPS) is 11.1. The third kappa shape index (κ3) is 2.84. The van der Waals surface area contributed by atoms with Crippen LogP contribution in [0.4, 0.5) is 0 Å². The molecule has 0 saturated carbocycles. The van der Waals surface area contributed by atoms with Crippen LogP contribution in [0.25, 0.3) is 0 Å². The monoisotopic (exact) mass is 204 g/mol. The fourth-order valence-electron chi connectivity index (χ4n) is 2.24. The van der Waals surface area contributed by atoms with E-state index in [1.165, 1.54) is 24.0 Å². The standard InChI is InChI=1S/C15H24/c1-6-8-14-9-12(5)13(7-2)10-15(14)11(3)4/h9-11H,6-8H2,1-5H3. The van der Waals surface area contributed by atoms with Crippen molar-refractivity contribution >= 4 is 0 Å². The van der Waals surface area contributed by atoms with E-state index in [1.54, 1.807) is 11.1 Å². The van der Waals surface area contributed by atoms with Crippen LogP contribution < -0.4 is 0 Å². The second-order valence-electron chi connectivity index (χ2n) is 4.74. The Morgan fingerprint density at radius 3 is 2.20 bits per heavy atom. The SMILES string of the molecule is CCCc1cc(C)c(CC)cc1C(C)C. The number of hydrogen-bond donors (Lipinski definition) is 0. The van der Waals surface area contributed by atoms with Crippen LogP contribution in [-0.2, 0) is 12.8 Å². The van der Waals surface area contributed by atoms with Gasteiger partial charge in [0.1, 0.15) is 0 Å². The Labute approximate surface area is 94.7 Å². The van der Waals surface area contributed by atoms with Gasteiger partial charge >= 0.3 is 0 Å². The molecule has 0 aliphatic carbocycles. The van der Waals surface area contributed by atoms with Crippen LogP contribution in [-0.4, -0.2) is 0 Å². The molecule has 0 bridgehead atoms. The van der Waals surface area contributed by atoms with E-state index in [4.69, 9.17) is 0 Å². The average molecular weight is 204 g/mol. The van der Waals surface area contributed by atoms with E-state index < -0.39 is 0 Å². The van der Waals surface area contributed by atoms with Crippen LogP contribution in [0.15, 0.2) is 12.1 Å². The van der Waals surface area contributed by atoms with Gasteiger partial charge in [-0.15, -0.1) is 0 Å². The summed E-state index contributed by atoms with van der Waals surface area (Å²) >= 11 is 0. The summed E-state index contributed by atoms with van der Waals surface area (Å²) in [6.45, 7) is 11.3. The second-order valence-corrected chi connectivity index (χ2v) is 4.74. The zero-order valence-electron chi connectivity index (χ0n) is 10.9. The van der Waals surface area contributed by atoms with Crippen LogP contribution in [0, 0.1) is 6.92 Å². The van der Waals surface area contributed by atoms with Gasteiger partial charge in [-0.25, -0.2) is 0 Å². The lowest BCUT2D eigenvalue weighted by Crippen LogP contribution is -2.00. The first-order chi connectivity index (χ1) is 7.10. The highest BCUT2D eigenvalue weighted by molar-refractivity contribution is 5.39. The second kappa shape index (κ2) is 5.34. The molecule has 0 aliphatic rings. The van der Waals surface area contributed by atoms with E-state index >= 15 is 0 Å². The summed E-state index contributed by atoms with van der Waals surface area (Å²) in [5.74, 6) is 0.650. The van der Waals surface area contributed by atoms with Crippen molar-refractivity contribution in [3.63, 3.8) is 0 Å². The molecule has 84 valence electrons. The van der Waals surface area contributed by atoms with E-state index in [2.05, 4.69) is 46.8 Å². The summed E-state index contributed by atoms with van der Waals surface area (Å²) in [5, 5.41) is 0. The maximum atomic E-state index is 2.42. The highest BCUT2D eigenvalue weighted by Gasteiger charge is 2.08. The lowest BCUT2D eigenvalue weighted by Gasteiger charge is -2.16. The minimum absolute atomic E-state index is 0.650. The molecule has 0 radical (unpaired) electrons. The van der Waals surface area contributed by atoms with Crippen molar-refractivity contribution in [1.29, 1.82) is 0 Å². The average Bonchev–Trinajstić information content (AvgIpc) is 2.18. The van der Waals surface area contributed by atoms with Gasteiger partial charge in [-0.05, 0) is 47.9 Å². The summed E-state index contributed by atoms with van der Waals surface area (Å²) in [5.41, 5.74) is 6.09. The highest BCUT2D eigenvalue weighted by atomic mass is 14.1. The van der Waals surface area contributed by atoms with Crippen molar-refractivity contribution in [2.24, 2.45) is 0 Å². The van der Waals surface area contributed by atoms with Gasteiger partial charge in [-0.2, -0.15) is 0 Å². The summed E-state index contributed by atoms with van der Waals surface area (Å²) in [4.78, 5) is 0. The number of rotatable bonds is 4. The molecule has 0 spiro atoms. The molecule has 1 aromatic carbocycles. The van der Waals surface area contributed by atoms with Gasteiger partial charge in [-0.3, -0.25) is 0 Å². The maximum Gasteiger partial charge on any atom is -0.0216 e. The fourth-order valence-corrected chi connectivity index (χ4v) is 2.24. The summed E-state index contributed by atoms with van der Waals surface area (Å²) in [6, 6.07) is 4.82. The quantitative estimate of drug-likeness (QED) is 0.670. The van der Waals surface area contributed by atoms with E-state index in [1.807, 2.05) is 0 Å². The number of benzene rings is 1. The number of hydrogen-bond acceptors (Lipinski definition) is 0. The lowest BCUT2D eigenvalue weighted by molar-refractivity contribution is 0.815. The van der Waals surface area contributed by atoms with Crippen LogP contribution in [0.3, 0.4) is 0 Å². The van der Waals surface area contributed by atoms with Crippen molar-refractivity contribution in [1.82, 2.24) is 0 Å². The summed E-state index contributed by atoms with van der Waals surface area (Å²) < 4.78 is 0. The molecule has 0 heterocycles. The van der Waals surface area contributed by atoms with Crippen molar-refractivity contribution in [2.75, 3.05) is 0 Å². The van der Waals surface area contributed by atoms with E-state index in [-0.39, 0.29) is 0 Å². The molecule has 0 saturated heterocycles. The predicted molar refractivity (Wildman–Crippen MR) is 68.6 cm³/mol. The first-order valence-electron chi connectivity index (χ1n) is 6.22. The Morgan fingerprint density at radius 1 is 1.07 bits per heavy atom. The van der Waals surface area contributed by atoms with Gasteiger partial charge in [0, 0.05) is 0 Å². The fraction of sp³-hybridized carbons (Fsp3) is 0.600. The van der Waals surface area contributed by atoms with Gasteiger partial charge in [0.25, 0.3) is 0 Å². The molecule has 1 aromatic rings. The first-order valence-corrected chi connectivity index (χ1v) is 6.22.